The predicted molar refractivity (Wildman–Crippen MR) is 112 cm³/mol. The second-order valence-electron chi connectivity index (χ2n) is 6.89. The lowest BCUT2D eigenvalue weighted by atomic mass is 10.1. The fourth-order valence-corrected chi connectivity index (χ4v) is 4.19. The Labute approximate surface area is 164 Å². The van der Waals surface area contributed by atoms with E-state index in [0.717, 1.165) is 27.5 Å². The highest BCUT2D eigenvalue weighted by Crippen LogP contribution is 2.33. The van der Waals surface area contributed by atoms with E-state index in [2.05, 4.69) is 30.9 Å². The van der Waals surface area contributed by atoms with E-state index in [1.165, 1.54) is 5.56 Å². The average molecular weight is 384 g/mol. The van der Waals surface area contributed by atoms with Crippen molar-refractivity contribution in [3.63, 3.8) is 0 Å². The largest absolute Gasteiger partial charge is 0.496 e. The smallest absolute Gasteiger partial charge is 0.263 e. The van der Waals surface area contributed by atoms with Gasteiger partial charge < -0.3 is 9.64 Å². The molecule has 1 heterocycles. The molecule has 0 aliphatic carbocycles. The first-order chi connectivity index (χ1) is 12.9. The average Bonchev–Trinajstić information content (AvgIpc) is 3.05. The van der Waals surface area contributed by atoms with E-state index >= 15 is 0 Å². The van der Waals surface area contributed by atoms with Gasteiger partial charge in [-0.25, -0.2) is 4.98 Å². The maximum absolute atomic E-state index is 13.4. The Morgan fingerprint density at radius 2 is 1.89 bits per heavy atom. The molecule has 27 heavy (non-hydrogen) atoms. The molecule has 142 valence electrons. The molecule has 1 aromatic heterocycles. The number of aryl methyl sites for hydroxylation is 2. The Hall–Kier alpha value is -2.44. The molecule has 6 heteroatoms. The van der Waals surface area contributed by atoms with Crippen molar-refractivity contribution in [2.45, 2.75) is 13.8 Å². The zero-order valence-electron chi connectivity index (χ0n) is 16.4. The number of amides is 1. The van der Waals surface area contributed by atoms with Crippen LogP contribution in [0.3, 0.4) is 0 Å². The molecule has 0 saturated heterocycles. The van der Waals surface area contributed by atoms with Crippen molar-refractivity contribution in [3.05, 3.63) is 53.1 Å². The molecule has 3 aromatic rings. The number of aromatic nitrogens is 1. The number of ether oxygens (including phenoxy) is 1. The summed E-state index contributed by atoms with van der Waals surface area (Å²) in [6.07, 6.45) is 0. The van der Waals surface area contributed by atoms with Gasteiger partial charge in [-0.05, 0) is 57.3 Å². The number of rotatable bonds is 6. The van der Waals surface area contributed by atoms with Crippen molar-refractivity contribution < 1.29 is 9.53 Å². The van der Waals surface area contributed by atoms with Gasteiger partial charge in [0.25, 0.3) is 5.91 Å². The minimum absolute atomic E-state index is 0.0947. The molecule has 0 fully saturated rings. The number of carbonyl (C=O) groups excluding carboxylic acids is 1. The van der Waals surface area contributed by atoms with Crippen LogP contribution >= 0.6 is 11.3 Å². The van der Waals surface area contributed by atoms with Gasteiger partial charge in [-0.3, -0.25) is 9.69 Å². The molecule has 0 unspecified atom stereocenters. The maximum Gasteiger partial charge on any atom is 0.263 e. The quantitative estimate of drug-likeness (QED) is 0.642. The topological polar surface area (TPSA) is 45.7 Å². The third kappa shape index (κ3) is 4.12. The summed E-state index contributed by atoms with van der Waals surface area (Å²) < 4.78 is 6.50. The van der Waals surface area contributed by atoms with Crippen LogP contribution in [0.2, 0.25) is 0 Å². The van der Waals surface area contributed by atoms with Gasteiger partial charge in [-0.15, -0.1) is 0 Å². The Morgan fingerprint density at radius 1 is 1.15 bits per heavy atom. The molecule has 0 saturated carbocycles. The number of nitrogens with zero attached hydrogens (tertiary/aromatic N) is 3. The molecule has 3 rings (SSSR count). The monoisotopic (exact) mass is 383 g/mol. The second kappa shape index (κ2) is 8.06. The van der Waals surface area contributed by atoms with Gasteiger partial charge in [0.05, 0.1) is 22.9 Å². The number of methoxy groups -OCH3 is 1. The summed E-state index contributed by atoms with van der Waals surface area (Å²) in [5.41, 5.74) is 3.84. The van der Waals surface area contributed by atoms with Gasteiger partial charge in [0, 0.05) is 13.1 Å². The van der Waals surface area contributed by atoms with Crippen molar-refractivity contribution in [2.75, 3.05) is 39.2 Å². The van der Waals surface area contributed by atoms with Crippen molar-refractivity contribution in [1.29, 1.82) is 0 Å². The highest BCUT2D eigenvalue weighted by molar-refractivity contribution is 7.22. The standard InChI is InChI=1S/C21H25N3O2S/c1-14-12-15(2)19-18(13-14)27-21(22-19)24(11-10-23(3)4)20(25)16-8-6-7-9-17(16)26-5/h6-9,12-13H,10-11H2,1-5H3. The fourth-order valence-electron chi connectivity index (χ4n) is 3.03. The van der Waals surface area contributed by atoms with Crippen LogP contribution in [0.5, 0.6) is 5.75 Å². The first kappa shape index (κ1) is 19.3. The Kier molecular flexibility index (Phi) is 5.77. The molecule has 0 bridgehead atoms. The van der Waals surface area contributed by atoms with E-state index in [1.807, 2.05) is 32.3 Å². The van der Waals surface area contributed by atoms with Gasteiger partial charge in [0.2, 0.25) is 0 Å². The van der Waals surface area contributed by atoms with Crippen LogP contribution in [0.25, 0.3) is 10.2 Å². The molecule has 1 amide bonds. The summed E-state index contributed by atoms with van der Waals surface area (Å²) in [6, 6.07) is 11.6. The summed E-state index contributed by atoms with van der Waals surface area (Å²) in [5.74, 6) is 0.480. The first-order valence-electron chi connectivity index (χ1n) is 8.88. The molecular formula is C21H25N3O2S. The van der Waals surface area contributed by atoms with E-state index in [-0.39, 0.29) is 5.91 Å². The molecule has 0 aliphatic heterocycles. The van der Waals surface area contributed by atoms with Crippen LogP contribution < -0.4 is 9.64 Å². The summed E-state index contributed by atoms with van der Waals surface area (Å²) in [5, 5.41) is 0.719. The number of fused-ring (bicyclic) bond motifs is 1. The molecule has 0 aliphatic rings. The summed E-state index contributed by atoms with van der Waals surface area (Å²) in [7, 11) is 5.58. The van der Waals surface area contributed by atoms with Crippen LogP contribution in [-0.4, -0.2) is 50.1 Å². The molecule has 2 aromatic carbocycles. The molecule has 5 nitrogen and oxygen atoms in total. The number of hydrogen-bond acceptors (Lipinski definition) is 5. The number of anilines is 1. The molecule has 0 N–H and O–H groups in total. The van der Waals surface area contributed by atoms with Crippen LogP contribution in [0, 0.1) is 13.8 Å². The van der Waals surface area contributed by atoms with Crippen molar-refractivity contribution in [3.8, 4) is 5.75 Å². The highest BCUT2D eigenvalue weighted by Gasteiger charge is 2.24. The van der Waals surface area contributed by atoms with E-state index in [1.54, 1.807) is 29.4 Å². The normalized spacial score (nSPS) is 11.2. The van der Waals surface area contributed by atoms with Crippen molar-refractivity contribution >= 4 is 32.6 Å². The number of carbonyl (C=O) groups is 1. The third-order valence-electron chi connectivity index (χ3n) is 4.40. The lowest BCUT2D eigenvalue weighted by Gasteiger charge is -2.22. The van der Waals surface area contributed by atoms with Gasteiger partial charge in [0.1, 0.15) is 5.75 Å². The SMILES string of the molecule is COc1ccccc1C(=O)N(CCN(C)C)c1nc2c(C)cc(C)cc2s1. The molecule has 0 radical (unpaired) electrons. The van der Waals surface area contributed by atoms with E-state index < -0.39 is 0 Å². The van der Waals surface area contributed by atoms with E-state index in [9.17, 15) is 4.79 Å². The van der Waals surface area contributed by atoms with Crippen LogP contribution in [0.4, 0.5) is 5.13 Å². The first-order valence-corrected chi connectivity index (χ1v) is 9.69. The number of hydrogen-bond donors (Lipinski definition) is 0. The Balaban J connectivity index is 2.06. The molecule has 0 atom stereocenters. The van der Waals surface area contributed by atoms with Gasteiger partial charge in [-0.2, -0.15) is 0 Å². The fraction of sp³-hybridized carbons (Fsp3) is 0.333. The zero-order valence-corrected chi connectivity index (χ0v) is 17.3. The molecule has 0 spiro atoms. The number of para-hydroxylation sites is 1. The maximum atomic E-state index is 13.4. The lowest BCUT2D eigenvalue weighted by Crippen LogP contribution is -2.36. The summed E-state index contributed by atoms with van der Waals surface area (Å²) in [6.45, 7) is 5.44. The summed E-state index contributed by atoms with van der Waals surface area (Å²) >= 11 is 1.56. The van der Waals surface area contributed by atoms with Gasteiger partial charge in [-0.1, -0.05) is 29.5 Å². The van der Waals surface area contributed by atoms with Crippen LogP contribution in [-0.2, 0) is 0 Å². The highest BCUT2D eigenvalue weighted by atomic mass is 32.1. The predicted octanol–water partition coefficient (Wildman–Crippen LogP) is 4.13. The Morgan fingerprint density at radius 3 is 2.59 bits per heavy atom. The van der Waals surface area contributed by atoms with E-state index in [4.69, 9.17) is 9.72 Å². The third-order valence-corrected chi connectivity index (χ3v) is 5.43. The van der Waals surface area contributed by atoms with Crippen molar-refractivity contribution in [2.24, 2.45) is 0 Å². The second-order valence-corrected chi connectivity index (χ2v) is 7.89. The summed E-state index contributed by atoms with van der Waals surface area (Å²) in [4.78, 5) is 22.0. The van der Waals surface area contributed by atoms with Gasteiger partial charge >= 0.3 is 0 Å². The Bertz CT molecular complexity index is 965. The van der Waals surface area contributed by atoms with Crippen LogP contribution in [0.1, 0.15) is 21.5 Å². The number of benzene rings is 2. The zero-order chi connectivity index (χ0) is 19.6. The minimum Gasteiger partial charge on any atom is -0.496 e. The van der Waals surface area contributed by atoms with Crippen molar-refractivity contribution in [1.82, 2.24) is 9.88 Å². The van der Waals surface area contributed by atoms with Crippen LogP contribution in [0.15, 0.2) is 36.4 Å². The number of thiazole rings is 1. The lowest BCUT2D eigenvalue weighted by molar-refractivity contribution is 0.0982. The number of likely N-dealkylation sites (N-methyl/N-ethyl adjacent to an activating group) is 1. The van der Waals surface area contributed by atoms with E-state index in [0.29, 0.717) is 17.9 Å². The minimum atomic E-state index is -0.0947. The van der Waals surface area contributed by atoms with Gasteiger partial charge in [0.15, 0.2) is 5.13 Å². The molecular weight excluding hydrogens is 358 g/mol.